The van der Waals surface area contributed by atoms with Crippen LogP contribution in [0.1, 0.15) is 24.0 Å². The molecule has 0 spiro atoms. The van der Waals surface area contributed by atoms with E-state index in [0.717, 1.165) is 24.1 Å². The Morgan fingerprint density at radius 2 is 2.00 bits per heavy atom. The number of carboxylic acid groups (broad SMARTS) is 1. The first-order chi connectivity index (χ1) is 13.0. The minimum Gasteiger partial charge on any atom is -0.497 e. The maximum absolute atomic E-state index is 13.6. The lowest BCUT2D eigenvalue weighted by atomic mass is 9.94. The summed E-state index contributed by atoms with van der Waals surface area (Å²) in [5.41, 5.74) is 2.63. The molecule has 6 heteroatoms. The molecule has 5 nitrogen and oxygen atoms in total. The number of ether oxygens (including phenoxy) is 1. The zero-order chi connectivity index (χ0) is 19.6. The molecule has 0 fully saturated rings. The van der Waals surface area contributed by atoms with E-state index < -0.39 is 11.9 Å². The summed E-state index contributed by atoms with van der Waals surface area (Å²) in [6.07, 6.45) is 1.97. The number of carbonyl (C=O) groups is 1. The van der Waals surface area contributed by atoms with Crippen LogP contribution in [0.5, 0.6) is 5.75 Å². The second-order valence-electron chi connectivity index (χ2n) is 6.54. The van der Waals surface area contributed by atoms with Crippen LogP contribution in [0.3, 0.4) is 0 Å². The fourth-order valence-corrected chi connectivity index (χ4v) is 2.98. The summed E-state index contributed by atoms with van der Waals surface area (Å²) in [5.74, 6) is -1.07. The molecule has 0 aliphatic rings. The van der Waals surface area contributed by atoms with Crippen LogP contribution in [0.25, 0.3) is 0 Å². The Morgan fingerprint density at radius 3 is 2.70 bits per heavy atom. The van der Waals surface area contributed by atoms with E-state index >= 15 is 0 Å². The average molecular weight is 374 g/mol. The van der Waals surface area contributed by atoms with Crippen molar-refractivity contribution in [1.82, 2.24) is 5.32 Å². The summed E-state index contributed by atoms with van der Waals surface area (Å²) in [6, 6.07) is 12.3. The largest absolute Gasteiger partial charge is 0.497 e. The van der Waals surface area contributed by atoms with E-state index in [2.05, 4.69) is 10.6 Å². The van der Waals surface area contributed by atoms with E-state index in [4.69, 9.17) is 4.74 Å². The van der Waals surface area contributed by atoms with Crippen molar-refractivity contribution in [1.29, 1.82) is 0 Å². The third-order valence-electron chi connectivity index (χ3n) is 4.41. The van der Waals surface area contributed by atoms with Gasteiger partial charge >= 0.3 is 5.97 Å². The van der Waals surface area contributed by atoms with Crippen LogP contribution in [-0.4, -0.2) is 31.8 Å². The first-order valence-corrected chi connectivity index (χ1v) is 9.05. The molecule has 0 bridgehead atoms. The van der Waals surface area contributed by atoms with Crippen molar-refractivity contribution in [2.24, 2.45) is 5.92 Å². The van der Waals surface area contributed by atoms with Crippen molar-refractivity contribution in [3.05, 3.63) is 59.4 Å². The van der Waals surface area contributed by atoms with Gasteiger partial charge in [-0.1, -0.05) is 24.3 Å². The van der Waals surface area contributed by atoms with Gasteiger partial charge in [-0.2, -0.15) is 0 Å². The van der Waals surface area contributed by atoms with E-state index in [-0.39, 0.29) is 5.82 Å². The van der Waals surface area contributed by atoms with Crippen LogP contribution >= 0.6 is 0 Å². The Morgan fingerprint density at radius 1 is 1.22 bits per heavy atom. The molecule has 146 valence electrons. The Hall–Kier alpha value is -2.60. The highest BCUT2D eigenvalue weighted by molar-refractivity contribution is 5.70. The number of nitrogens with one attached hydrogen (secondary N) is 2. The summed E-state index contributed by atoms with van der Waals surface area (Å²) in [7, 11) is 3.36. The summed E-state index contributed by atoms with van der Waals surface area (Å²) in [5, 5.41) is 15.7. The second-order valence-corrected chi connectivity index (χ2v) is 6.54. The van der Waals surface area contributed by atoms with Crippen LogP contribution < -0.4 is 15.4 Å². The van der Waals surface area contributed by atoms with Gasteiger partial charge in [0.25, 0.3) is 0 Å². The Kier molecular flexibility index (Phi) is 8.07. The molecule has 27 heavy (non-hydrogen) atoms. The van der Waals surface area contributed by atoms with Gasteiger partial charge < -0.3 is 20.5 Å². The highest BCUT2D eigenvalue weighted by Crippen LogP contribution is 2.21. The standard InChI is InChI=1S/C21H27FN2O3/c1-23-8-4-7-17(21(25)26)10-15-5-3-6-16(9-15)14-24-19-11-18(22)12-20(13-19)27-2/h3,5-6,9,11-13,17,23-24H,4,7-8,10,14H2,1-2H3,(H,25,26). The van der Waals surface area contributed by atoms with Gasteiger partial charge in [0.2, 0.25) is 0 Å². The predicted molar refractivity (Wildman–Crippen MR) is 105 cm³/mol. The quantitative estimate of drug-likeness (QED) is 0.523. The third-order valence-corrected chi connectivity index (χ3v) is 4.41. The molecule has 1 atom stereocenters. The summed E-state index contributed by atoms with van der Waals surface area (Å²) >= 11 is 0. The van der Waals surface area contributed by atoms with E-state index in [9.17, 15) is 14.3 Å². The monoisotopic (exact) mass is 374 g/mol. The summed E-state index contributed by atoms with van der Waals surface area (Å²) in [4.78, 5) is 11.5. The number of anilines is 1. The molecule has 0 amide bonds. The average Bonchev–Trinajstić information content (AvgIpc) is 2.65. The molecule has 3 N–H and O–H groups in total. The normalized spacial score (nSPS) is 11.8. The lowest BCUT2D eigenvalue weighted by Crippen LogP contribution is -2.19. The van der Waals surface area contributed by atoms with Crippen molar-refractivity contribution < 1.29 is 19.0 Å². The van der Waals surface area contributed by atoms with Gasteiger partial charge in [0.1, 0.15) is 11.6 Å². The number of hydrogen-bond acceptors (Lipinski definition) is 4. The molecule has 0 aliphatic carbocycles. The molecular weight excluding hydrogens is 347 g/mol. The summed E-state index contributed by atoms with van der Waals surface area (Å²) < 4.78 is 18.6. The minimum absolute atomic E-state index is 0.364. The van der Waals surface area contributed by atoms with Crippen LogP contribution in [0.4, 0.5) is 10.1 Å². The first kappa shape index (κ1) is 20.7. The first-order valence-electron chi connectivity index (χ1n) is 9.05. The van der Waals surface area contributed by atoms with E-state index in [1.54, 1.807) is 6.07 Å². The maximum atomic E-state index is 13.6. The Labute approximate surface area is 159 Å². The molecule has 0 heterocycles. The van der Waals surface area contributed by atoms with E-state index in [0.29, 0.717) is 30.8 Å². The third kappa shape index (κ3) is 6.90. The van der Waals surface area contributed by atoms with Crippen molar-refractivity contribution in [2.75, 3.05) is 26.0 Å². The van der Waals surface area contributed by atoms with Crippen molar-refractivity contribution in [3.8, 4) is 5.75 Å². The smallest absolute Gasteiger partial charge is 0.306 e. The van der Waals surface area contributed by atoms with Gasteiger partial charge in [0.15, 0.2) is 0 Å². The second kappa shape index (κ2) is 10.5. The molecule has 0 saturated carbocycles. The zero-order valence-corrected chi connectivity index (χ0v) is 15.8. The molecule has 1 unspecified atom stereocenters. The van der Waals surface area contributed by atoms with Gasteiger partial charge in [-0.15, -0.1) is 0 Å². The summed E-state index contributed by atoms with van der Waals surface area (Å²) in [6.45, 7) is 1.32. The lowest BCUT2D eigenvalue weighted by molar-refractivity contribution is -0.141. The van der Waals surface area contributed by atoms with Crippen LogP contribution in [0, 0.1) is 11.7 Å². The van der Waals surface area contributed by atoms with Gasteiger partial charge in [-0.05, 0) is 50.0 Å². The lowest BCUT2D eigenvalue weighted by Gasteiger charge is -2.14. The highest BCUT2D eigenvalue weighted by atomic mass is 19.1. The number of rotatable bonds is 11. The van der Waals surface area contributed by atoms with E-state index in [1.807, 2.05) is 31.3 Å². The topological polar surface area (TPSA) is 70.6 Å². The molecule has 0 saturated heterocycles. The zero-order valence-electron chi connectivity index (χ0n) is 15.8. The minimum atomic E-state index is -0.763. The maximum Gasteiger partial charge on any atom is 0.306 e. The Bertz CT molecular complexity index is 752. The molecular formula is C21H27FN2O3. The van der Waals surface area contributed by atoms with Gasteiger partial charge in [-0.25, -0.2) is 4.39 Å². The molecule has 2 rings (SSSR count). The molecule has 0 aromatic heterocycles. The SMILES string of the molecule is CNCCCC(Cc1cccc(CNc2cc(F)cc(OC)c2)c1)C(=O)O. The van der Waals surface area contributed by atoms with Crippen molar-refractivity contribution >= 4 is 11.7 Å². The Balaban J connectivity index is 1.99. The number of carboxylic acids is 1. The molecule has 0 aliphatic heterocycles. The predicted octanol–water partition coefficient (Wildman–Crippen LogP) is 3.69. The fraction of sp³-hybridized carbons (Fsp3) is 0.381. The van der Waals surface area contributed by atoms with Crippen molar-refractivity contribution in [2.45, 2.75) is 25.8 Å². The fourth-order valence-electron chi connectivity index (χ4n) is 2.98. The molecule has 0 radical (unpaired) electrons. The number of methoxy groups -OCH3 is 1. The highest BCUT2D eigenvalue weighted by Gasteiger charge is 2.17. The molecule has 2 aromatic carbocycles. The molecule has 2 aromatic rings. The van der Waals surface area contributed by atoms with Gasteiger partial charge in [0.05, 0.1) is 13.0 Å². The number of halogens is 1. The van der Waals surface area contributed by atoms with Gasteiger partial charge in [0, 0.05) is 24.4 Å². The van der Waals surface area contributed by atoms with Crippen LogP contribution in [0.15, 0.2) is 42.5 Å². The van der Waals surface area contributed by atoms with Crippen molar-refractivity contribution in [3.63, 3.8) is 0 Å². The number of aliphatic carboxylic acids is 1. The van der Waals surface area contributed by atoms with Crippen LogP contribution in [0.2, 0.25) is 0 Å². The number of hydrogen-bond donors (Lipinski definition) is 3. The van der Waals surface area contributed by atoms with Crippen LogP contribution in [-0.2, 0) is 17.8 Å². The number of benzene rings is 2. The van der Waals surface area contributed by atoms with E-state index in [1.165, 1.54) is 19.2 Å². The van der Waals surface area contributed by atoms with Gasteiger partial charge in [-0.3, -0.25) is 4.79 Å².